The molecule has 6 aliphatic heterocycles. The monoisotopic (exact) mass is 776 g/mol. The molecule has 3 fully saturated rings. The second-order valence-electron chi connectivity index (χ2n) is 17.5. The van der Waals surface area contributed by atoms with Crippen molar-refractivity contribution in [2.24, 2.45) is 11.3 Å². The van der Waals surface area contributed by atoms with Gasteiger partial charge in [0.05, 0.1) is 33.4 Å². The van der Waals surface area contributed by atoms with Crippen LogP contribution < -0.4 is 9.64 Å². The zero-order valence-corrected chi connectivity index (χ0v) is 33.9. The summed E-state index contributed by atoms with van der Waals surface area (Å²) in [5, 5.41) is 1.08. The summed E-state index contributed by atoms with van der Waals surface area (Å²) in [6, 6.07) is 11.5. The topological polar surface area (TPSA) is 123 Å². The van der Waals surface area contributed by atoms with Gasteiger partial charge in [-0.25, -0.2) is 4.79 Å². The predicted molar refractivity (Wildman–Crippen MR) is 212 cm³/mol. The van der Waals surface area contributed by atoms with Crippen LogP contribution in [0.15, 0.2) is 60.0 Å². The van der Waals surface area contributed by atoms with Crippen LogP contribution in [0.2, 0.25) is 0 Å². The van der Waals surface area contributed by atoms with Crippen LogP contribution in [0.25, 0.3) is 10.9 Å². The van der Waals surface area contributed by atoms with E-state index >= 15 is 4.79 Å². The summed E-state index contributed by atoms with van der Waals surface area (Å²) in [6.45, 7) is 8.75. The van der Waals surface area contributed by atoms with Gasteiger partial charge in [0.15, 0.2) is 6.10 Å². The Morgan fingerprint density at radius 3 is 2.53 bits per heavy atom. The fourth-order valence-corrected chi connectivity index (χ4v) is 13.4. The highest BCUT2D eigenvalue weighted by Crippen LogP contribution is 2.73. The number of hydrogen-bond donors (Lipinski definition) is 1. The summed E-state index contributed by atoms with van der Waals surface area (Å²) in [5.41, 5.74) is 2.31. The number of methoxy groups -OCH3 is 3. The number of carbonyl (C=O) groups excluding carboxylic acids is 3. The van der Waals surface area contributed by atoms with Gasteiger partial charge in [-0.1, -0.05) is 43.7 Å². The fraction of sp³-hybridized carbons (Fsp3) is 0.533. The van der Waals surface area contributed by atoms with Crippen molar-refractivity contribution in [3.63, 3.8) is 0 Å². The number of nitrogens with one attached hydrogen (secondary N) is 1. The Kier molecular flexibility index (Phi) is 7.83. The molecule has 7 aliphatic rings. The summed E-state index contributed by atoms with van der Waals surface area (Å²) in [7, 11) is 6.51. The number of esters is 3. The zero-order valence-electron chi connectivity index (χ0n) is 33.9. The Morgan fingerprint density at radius 1 is 1.02 bits per heavy atom. The van der Waals surface area contributed by atoms with Gasteiger partial charge in [0.2, 0.25) is 0 Å². The fourth-order valence-electron chi connectivity index (χ4n) is 13.4. The van der Waals surface area contributed by atoms with E-state index in [9.17, 15) is 9.59 Å². The van der Waals surface area contributed by atoms with Crippen LogP contribution in [0.3, 0.4) is 0 Å². The minimum atomic E-state index is -1.72. The molecule has 2 saturated heterocycles. The van der Waals surface area contributed by atoms with Crippen LogP contribution in [-0.2, 0) is 50.7 Å². The molecule has 12 nitrogen and oxygen atoms in total. The Labute approximate surface area is 333 Å². The number of aromatic nitrogens is 1. The summed E-state index contributed by atoms with van der Waals surface area (Å²) in [6.07, 6.45) is 6.67. The van der Waals surface area contributed by atoms with Gasteiger partial charge in [-0.05, 0) is 60.4 Å². The molecule has 2 unspecified atom stereocenters. The molecule has 57 heavy (non-hydrogen) atoms. The third-order valence-corrected chi connectivity index (χ3v) is 15.1. The number of nitrogens with zero attached hydrogens (tertiary/aromatic N) is 3. The SMILES string of the molecule is CCC1=C[C@@H]2CN(C1)Cc1c([nH]c3ccccc13)[C@@](C(=O)OC)(c1cc(OC)cc3c1[C@@]14CCN5C=C6C[C@@](CC)([C@@H](OC(C)=O)C(C(=O)OC)(O6)[C@@H]1N3C)[C@H]54)C2. The van der Waals surface area contributed by atoms with E-state index < -0.39 is 45.9 Å². The highest BCUT2D eigenvalue weighted by Gasteiger charge is 2.85. The number of hydrogen-bond acceptors (Lipinski definition) is 11. The Morgan fingerprint density at radius 2 is 1.81 bits per heavy atom. The average molecular weight is 777 g/mol. The molecular weight excluding hydrogens is 725 g/mol. The number of fused-ring (bicyclic) bond motifs is 9. The smallest absolute Gasteiger partial charge is 0.356 e. The maximum absolute atomic E-state index is 15.5. The highest BCUT2D eigenvalue weighted by molar-refractivity contribution is 5.96. The predicted octanol–water partition coefficient (Wildman–Crippen LogP) is 5.47. The number of para-hydroxylation sites is 1. The first kappa shape index (κ1) is 36.4. The van der Waals surface area contributed by atoms with Crippen LogP contribution in [0.5, 0.6) is 5.75 Å². The standard InChI is InChI=1S/C45H52N4O8/c1-8-26-16-27-19-44(40(51)54-6,36-31(24-48(21-26)22-27)30-12-10-11-13-33(30)46-36)32-17-28(53-5)18-34-35(32)43-14-15-49-23-29-20-42(9-2,37(43)49)39(56-25(3)50)45(57-29,41(52)55-7)38(43)47(34)4/h10-13,16-18,23,27,37-39,46H,8-9,14-15,19-22,24H2,1-7H3/t27-,37-,38+,39+,42+,43+,44-,45?/m0/s1. The van der Waals surface area contributed by atoms with E-state index in [0.29, 0.717) is 50.3 Å². The van der Waals surface area contributed by atoms with Crippen LogP contribution in [-0.4, -0.2) is 104 Å². The average Bonchev–Trinajstić information content (AvgIpc) is 3.86. The van der Waals surface area contributed by atoms with Gasteiger partial charge in [-0.3, -0.25) is 14.5 Å². The van der Waals surface area contributed by atoms with Crippen LogP contribution in [0.4, 0.5) is 5.69 Å². The van der Waals surface area contributed by atoms with E-state index in [1.807, 2.05) is 19.2 Å². The molecule has 5 bridgehead atoms. The van der Waals surface area contributed by atoms with Crippen molar-refractivity contribution < 1.29 is 38.1 Å². The lowest BCUT2D eigenvalue weighted by molar-refractivity contribution is -0.266. The van der Waals surface area contributed by atoms with E-state index in [1.54, 1.807) is 7.11 Å². The third kappa shape index (κ3) is 4.34. The summed E-state index contributed by atoms with van der Waals surface area (Å²) >= 11 is 0. The van der Waals surface area contributed by atoms with Crippen LogP contribution in [0, 0.1) is 11.3 Å². The first-order valence-electron chi connectivity index (χ1n) is 20.4. The van der Waals surface area contributed by atoms with E-state index in [4.69, 9.17) is 23.7 Å². The largest absolute Gasteiger partial charge is 0.497 e. The molecule has 1 aliphatic carbocycles. The number of H-pyrrole nitrogens is 1. The van der Waals surface area contributed by atoms with E-state index in [2.05, 4.69) is 70.1 Å². The van der Waals surface area contributed by atoms with Gasteiger partial charge in [-0.2, -0.15) is 0 Å². The summed E-state index contributed by atoms with van der Waals surface area (Å²) < 4.78 is 31.4. The van der Waals surface area contributed by atoms with E-state index in [0.717, 1.165) is 58.5 Å². The Hall–Kier alpha value is -4.97. The van der Waals surface area contributed by atoms with Crippen LogP contribution >= 0.6 is 0 Å². The number of rotatable bonds is 7. The zero-order chi connectivity index (χ0) is 39.8. The molecule has 0 amide bonds. The maximum Gasteiger partial charge on any atom is 0.356 e. The minimum absolute atomic E-state index is 0.0349. The summed E-state index contributed by atoms with van der Waals surface area (Å²) in [5.74, 6) is -0.105. The minimum Gasteiger partial charge on any atom is -0.497 e. The molecule has 7 heterocycles. The quantitative estimate of drug-likeness (QED) is 0.187. The van der Waals surface area contributed by atoms with Gasteiger partial charge in [-0.15, -0.1) is 0 Å². The van der Waals surface area contributed by atoms with Crippen molar-refractivity contribution in [3.8, 4) is 5.75 Å². The lowest BCUT2D eigenvalue weighted by Gasteiger charge is -2.68. The molecule has 1 aromatic heterocycles. The number of carbonyl (C=O) groups is 3. The number of likely N-dealkylation sites (N-methyl/N-ethyl adjacent to an activating group) is 1. The molecule has 10 rings (SSSR count). The van der Waals surface area contributed by atoms with Crippen molar-refractivity contribution in [2.75, 3.05) is 52.9 Å². The second kappa shape index (κ2) is 12.3. The first-order chi connectivity index (χ1) is 27.5. The van der Waals surface area contributed by atoms with Gasteiger partial charge >= 0.3 is 17.9 Å². The van der Waals surface area contributed by atoms with Crippen LogP contribution in [0.1, 0.15) is 75.3 Å². The van der Waals surface area contributed by atoms with E-state index in [1.165, 1.54) is 26.7 Å². The molecule has 9 atom stereocenters. The second-order valence-corrected chi connectivity index (χ2v) is 17.5. The lowest BCUT2D eigenvalue weighted by atomic mass is 9.45. The molecule has 3 aromatic rings. The number of aromatic amines is 1. The van der Waals surface area contributed by atoms with Crippen molar-refractivity contribution >= 4 is 34.5 Å². The number of ether oxygens (including phenoxy) is 5. The van der Waals surface area contributed by atoms with Gasteiger partial charge in [0, 0.05) is 92.0 Å². The highest BCUT2D eigenvalue weighted by atomic mass is 16.6. The molecule has 1 N–H and O–H groups in total. The normalized spacial score (nSPS) is 35.2. The first-order valence-corrected chi connectivity index (χ1v) is 20.4. The van der Waals surface area contributed by atoms with Gasteiger partial charge < -0.3 is 38.5 Å². The maximum atomic E-state index is 15.5. The molecule has 2 aromatic carbocycles. The Bertz CT molecular complexity index is 2320. The van der Waals surface area contributed by atoms with Gasteiger partial charge in [0.1, 0.15) is 16.9 Å². The molecule has 1 spiro atoms. The number of allylic oxidation sites excluding steroid dienone is 1. The number of benzene rings is 2. The third-order valence-electron chi connectivity index (χ3n) is 15.1. The molecular formula is C45H52N4O8. The molecule has 0 radical (unpaired) electrons. The molecule has 300 valence electrons. The van der Waals surface area contributed by atoms with Crippen molar-refractivity contribution in [2.45, 2.75) is 94.0 Å². The van der Waals surface area contributed by atoms with E-state index in [-0.39, 0.29) is 17.9 Å². The molecule has 1 saturated carbocycles. The van der Waals surface area contributed by atoms with Crippen molar-refractivity contribution in [1.29, 1.82) is 0 Å². The molecule has 12 heteroatoms. The lowest BCUT2D eigenvalue weighted by Crippen LogP contribution is -2.84. The Balaban J connectivity index is 1.34. The summed E-state index contributed by atoms with van der Waals surface area (Å²) in [4.78, 5) is 54.4. The van der Waals surface area contributed by atoms with Gasteiger partial charge in [0.25, 0.3) is 5.60 Å². The van der Waals surface area contributed by atoms with Crippen molar-refractivity contribution in [1.82, 2.24) is 14.8 Å². The van der Waals surface area contributed by atoms with Crippen molar-refractivity contribution in [3.05, 3.63) is 82.4 Å². The number of anilines is 1.